The van der Waals surface area contributed by atoms with Crippen molar-refractivity contribution in [3.63, 3.8) is 0 Å². The Labute approximate surface area is 328 Å². The quantitative estimate of drug-likeness (QED) is 0.154. The Morgan fingerprint density at radius 3 is 1.82 bits per heavy atom. The van der Waals surface area contributed by atoms with Gasteiger partial charge in [-0.1, -0.05) is 161 Å². The molecule has 0 fully saturated rings. The fourth-order valence-corrected chi connectivity index (χ4v) is 9.59. The van der Waals surface area contributed by atoms with E-state index in [-0.39, 0.29) is 16.6 Å². The van der Waals surface area contributed by atoms with Crippen molar-refractivity contribution in [1.82, 2.24) is 0 Å². The predicted octanol–water partition coefficient (Wildman–Crippen LogP) is 14.9. The molecule has 0 radical (unpaired) electrons. The Morgan fingerprint density at radius 1 is 0.464 bits per heavy atom. The number of rotatable bonds is 6. The van der Waals surface area contributed by atoms with Crippen LogP contribution in [0.1, 0.15) is 61.1 Å². The number of hydrogen-bond donors (Lipinski definition) is 0. The third-order valence-corrected chi connectivity index (χ3v) is 12.3. The fraction of sp³-hybridized carbons (Fsp3) is 0.111. The minimum atomic E-state index is -0.250. The molecule has 2 aliphatic rings. The van der Waals surface area contributed by atoms with Crippen LogP contribution < -0.4 is 4.90 Å². The van der Waals surface area contributed by atoms with Gasteiger partial charge in [-0.2, -0.15) is 0 Å². The molecule has 10 rings (SSSR count). The van der Waals surface area contributed by atoms with E-state index in [9.17, 15) is 4.39 Å². The van der Waals surface area contributed by atoms with E-state index in [2.05, 4.69) is 190 Å². The first-order valence-electron chi connectivity index (χ1n) is 19.5. The molecule has 0 unspecified atom stereocenters. The van der Waals surface area contributed by atoms with Crippen molar-refractivity contribution >= 4 is 61.9 Å². The SMILES string of the molecule is CC1(C)C2=C(c3ccccc31)C(C)(C)c1cc(-c3ccc(/C=C/c4ccc(N(c5ccc(F)cc5)c5cccc6ccccc56)cc4)c4ccccc34)ccc12. The summed E-state index contributed by atoms with van der Waals surface area (Å²) in [6, 6.07) is 59.5. The molecule has 0 spiro atoms. The van der Waals surface area contributed by atoms with E-state index < -0.39 is 0 Å². The summed E-state index contributed by atoms with van der Waals surface area (Å²) in [5.74, 6) is -0.250. The second kappa shape index (κ2) is 12.8. The Morgan fingerprint density at radius 2 is 1.05 bits per heavy atom. The number of fused-ring (bicyclic) bond motifs is 6. The highest BCUT2D eigenvalue weighted by atomic mass is 19.1. The van der Waals surface area contributed by atoms with Gasteiger partial charge in [0.1, 0.15) is 5.82 Å². The average Bonchev–Trinajstić information content (AvgIpc) is 3.62. The molecule has 2 heteroatoms. The smallest absolute Gasteiger partial charge is 0.123 e. The lowest BCUT2D eigenvalue weighted by atomic mass is 9.75. The molecule has 270 valence electrons. The van der Waals surface area contributed by atoms with Crippen LogP contribution >= 0.6 is 0 Å². The molecular weight excluding hydrogens is 682 g/mol. The van der Waals surface area contributed by atoms with Crippen LogP contribution in [-0.2, 0) is 10.8 Å². The zero-order chi connectivity index (χ0) is 38.2. The molecule has 2 aliphatic carbocycles. The number of hydrogen-bond acceptors (Lipinski definition) is 1. The Kier molecular flexibility index (Phi) is 7.76. The van der Waals surface area contributed by atoms with Gasteiger partial charge < -0.3 is 4.90 Å². The van der Waals surface area contributed by atoms with E-state index in [1.54, 1.807) is 0 Å². The summed E-state index contributed by atoms with van der Waals surface area (Å²) in [5, 5.41) is 4.77. The van der Waals surface area contributed by atoms with Crippen LogP contribution in [0.25, 0.3) is 56.0 Å². The van der Waals surface area contributed by atoms with Gasteiger partial charge >= 0.3 is 0 Å². The first kappa shape index (κ1) is 34.0. The van der Waals surface area contributed by atoms with Gasteiger partial charge in [0, 0.05) is 27.6 Å². The van der Waals surface area contributed by atoms with Gasteiger partial charge in [-0.15, -0.1) is 0 Å². The molecule has 1 nitrogen and oxygen atoms in total. The largest absolute Gasteiger partial charge is 0.310 e. The fourth-order valence-electron chi connectivity index (χ4n) is 9.59. The molecule has 0 aliphatic heterocycles. The summed E-state index contributed by atoms with van der Waals surface area (Å²) in [7, 11) is 0. The molecule has 8 aromatic carbocycles. The summed E-state index contributed by atoms with van der Waals surface area (Å²) in [6.45, 7) is 9.57. The number of benzene rings is 8. The van der Waals surface area contributed by atoms with E-state index in [0.29, 0.717) is 0 Å². The van der Waals surface area contributed by atoms with Gasteiger partial charge in [-0.3, -0.25) is 0 Å². The second-order valence-electron chi connectivity index (χ2n) is 16.3. The van der Waals surface area contributed by atoms with Gasteiger partial charge in [0.05, 0.1) is 5.69 Å². The highest BCUT2D eigenvalue weighted by Crippen LogP contribution is 2.62. The van der Waals surface area contributed by atoms with E-state index in [1.807, 2.05) is 12.1 Å². The summed E-state index contributed by atoms with van der Waals surface area (Å²) < 4.78 is 14.0. The maximum absolute atomic E-state index is 14.0. The molecule has 0 bridgehead atoms. The third-order valence-electron chi connectivity index (χ3n) is 12.3. The maximum Gasteiger partial charge on any atom is 0.123 e. The number of halogens is 1. The minimum Gasteiger partial charge on any atom is -0.310 e. The minimum absolute atomic E-state index is 0.0320. The van der Waals surface area contributed by atoms with Crippen LogP contribution in [0.3, 0.4) is 0 Å². The van der Waals surface area contributed by atoms with Crippen molar-refractivity contribution < 1.29 is 4.39 Å². The van der Waals surface area contributed by atoms with Gasteiger partial charge in [0.15, 0.2) is 0 Å². The predicted molar refractivity (Wildman–Crippen MR) is 236 cm³/mol. The number of nitrogens with zero attached hydrogens (tertiary/aromatic N) is 1. The molecule has 56 heavy (non-hydrogen) atoms. The van der Waals surface area contributed by atoms with E-state index in [1.165, 1.54) is 73.0 Å². The summed E-state index contributed by atoms with van der Waals surface area (Å²) in [4.78, 5) is 2.20. The average molecular weight is 724 g/mol. The molecule has 8 aromatic rings. The first-order chi connectivity index (χ1) is 27.2. The third kappa shape index (κ3) is 5.28. The topological polar surface area (TPSA) is 3.24 Å². The molecule has 0 atom stereocenters. The van der Waals surface area contributed by atoms with Crippen molar-refractivity contribution in [2.75, 3.05) is 4.90 Å². The van der Waals surface area contributed by atoms with Gasteiger partial charge in [0.2, 0.25) is 0 Å². The Hall–Kier alpha value is -6.51. The van der Waals surface area contributed by atoms with Crippen LogP contribution in [0, 0.1) is 5.82 Å². The normalized spacial score (nSPS) is 15.0. The highest BCUT2D eigenvalue weighted by Gasteiger charge is 2.49. The molecule has 0 amide bonds. The first-order valence-corrected chi connectivity index (χ1v) is 19.5. The van der Waals surface area contributed by atoms with Crippen LogP contribution in [0.4, 0.5) is 21.5 Å². The zero-order valence-corrected chi connectivity index (χ0v) is 32.1. The summed E-state index contributed by atoms with van der Waals surface area (Å²) in [5.41, 5.74) is 16.2. The number of allylic oxidation sites excluding steroid dienone is 2. The monoisotopic (exact) mass is 723 g/mol. The van der Waals surface area contributed by atoms with Crippen molar-refractivity contribution in [1.29, 1.82) is 0 Å². The van der Waals surface area contributed by atoms with E-state index in [0.717, 1.165) is 33.4 Å². The lowest BCUT2D eigenvalue weighted by Crippen LogP contribution is -2.19. The van der Waals surface area contributed by atoms with Crippen LogP contribution in [0.15, 0.2) is 170 Å². The number of anilines is 3. The van der Waals surface area contributed by atoms with Crippen molar-refractivity contribution in [2.24, 2.45) is 0 Å². The van der Waals surface area contributed by atoms with E-state index >= 15 is 0 Å². The molecule has 0 saturated heterocycles. The van der Waals surface area contributed by atoms with Crippen molar-refractivity contribution in [3.05, 3.63) is 209 Å². The maximum atomic E-state index is 14.0. The van der Waals surface area contributed by atoms with Crippen molar-refractivity contribution in [2.45, 2.75) is 38.5 Å². The Bertz CT molecular complexity index is 2900. The highest BCUT2D eigenvalue weighted by molar-refractivity contribution is 6.10. The molecule has 0 N–H and O–H groups in total. The standard InChI is InChI=1S/C54H42FN/c1-53(2)48-18-10-9-17-46(48)51-52(53)47-33-25-38(34-49(47)54(51,3)4)43-32-24-37(42-14-7-8-16-45(42)43)23-20-35-21-28-40(29-22-35)56(41-30-26-39(55)27-31-41)50-19-11-13-36-12-5-6-15-44(36)50/h5-34H,1-4H3/b23-20+. The van der Waals surface area contributed by atoms with Crippen molar-refractivity contribution in [3.8, 4) is 11.1 Å². The molecule has 0 saturated carbocycles. The molecule has 0 heterocycles. The molecule has 0 aromatic heterocycles. The van der Waals surface area contributed by atoms with Gasteiger partial charge in [-0.05, 0) is 120 Å². The van der Waals surface area contributed by atoms with Gasteiger partial charge in [0.25, 0.3) is 0 Å². The van der Waals surface area contributed by atoms with Gasteiger partial charge in [-0.25, -0.2) is 4.39 Å². The second-order valence-corrected chi connectivity index (χ2v) is 16.3. The summed E-state index contributed by atoms with van der Waals surface area (Å²) in [6.07, 6.45) is 4.42. The Balaban J connectivity index is 0.979. The lowest BCUT2D eigenvalue weighted by molar-refractivity contribution is 0.628. The summed E-state index contributed by atoms with van der Waals surface area (Å²) >= 11 is 0. The van der Waals surface area contributed by atoms with Crippen LogP contribution in [0.5, 0.6) is 0 Å². The zero-order valence-electron chi connectivity index (χ0n) is 32.1. The molecular formula is C54H42FN. The van der Waals surface area contributed by atoms with E-state index in [4.69, 9.17) is 0 Å². The van der Waals surface area contributed by atoms with Crippen LogP contribution in [0.2, 0.25) is 0 Å². The van der Waals surface area contributed by atoms with Crippen LogP contribution in [-0.4, -0.2) is 0 Å². The lowest BCUT2D eigenvalue weighted by Gasteiger charge is -2.28.